The second-order valence-electron chi connectivity index (χ2n) is 10.9. The lowest BCUT2D eigenvalue weighted by Crippen LogP contribution is -2.27. The molecule has 1 aromatic heterocycles. The highest BCUT2D eigenvalue weighted by Gasteiger charge is 2.24. The van der Waals surface area contributed by atoms with Gasteiger partial charge in [-0.05, 0) is 82.3 Å². The van der Waals surface area contributed by atoms with Gasteiger partial charge in [0.15, 0.2) is 5.78 Å². The molecular formula is C34H38N2O4. The zero-order chi connectivity index (χ0) is 28.8. The highest BCUT2D eigenvalue weighted by molar-refractivity contribution is 6.15. The third-order valence-electron chi connectivity index (χ3n) is 7.29. The Kier molecular flexibility index (Phi) is 9.30. The number of hydrogen-bond donors (Lipinski definition) is 1. The number of carbonyl (C=O) groups excluding carboxylic acids is 3. The molecule has 1 heterocycles. The molecule has 40 heavy (non-hydrogen) atoms. The molecule has 0 bridgehead atoms. The van der Waals surface area contributed by atoms with Crippen LogP contribution in [0.15, 0.2) is 66.7 Å². The Hall–Kier alpha value is -4.06. The summed E-state index contributed by atoms with van der Waals surface area (Å²) in [4.78, 5) is 35.6. The Labute approximate surface area is 235 Å². The van der Waals surface area contributed by atoms with Gasteiger partial charge < -0.3 is 19.5 Å². The number of aromatic nitrogens is 1. The molecule has 1 atom stereocenters. The number of fused-ring (bicyclic) bond motifs is 3. The van der Waals surface area contributed by atoms with Crippen molar-refractivity contribution in [3.05, 3.63) is 83.4 Å². The van der Waals surface area contributed by atoms with Crippen molar-refractivity contribution in [3.63, 3.8) is 0 Å². The third kappa shape index (κ3) is 6.74. The monoisotopic (exact) mass is 538 g/mol. The smallest absolute Gasteiger partial charge is 0.310 e. The van der Waals surface area contributed by atoms with Gasteiger partial charge in [-0.15, -0.1) is 0 Å². The van der Waals surface area contributed by atoms with Crippen LogP contribution in [0.5, 0.6) is 0 Å². The van der Waals surface area contributed by atoms with E-state index in [0.717, 1.165) is 53.1 Å². The molecule has 1 unspecified atom stereocenters. The molecule has 1 N–H and O–H groups in total. The fourth-order valence-electron chi connectivity index (χ4n) is 5.24. The van der Waals surface area contributed by atoms with E-state index in [4.69, 9.17) is 10.1 Å². The number of nitrogens with zero attached hydrogens (tertiary/aromatic N) is 1. The molecule has 6 heteroatoms. The molecule has 0 aliphatic heterocycles. The van der Waals surface area contributed by atoms with Crippen LogP contribution in [0.25, 0.3) is 21.8 Å². The van der Waals surface area contributed by atoms with Crippen molar-refractivity contribution < 1.29 is 19.1 Å². The van der Waals surface area contributed by atoms with E-state index < -0.39 is 0 Å². The van der Waals surface area contributed by atoms with Crippen molar-refractivity contribution in [1.82, 2.24) is 4.57 Å². The standard InChI is InChI=1S/C31H32N2O3.C3H6O/c1-20(31(35)36-25-11-7-4-8-12-25)19-33-28-15-13-23(21(2)32)17-26(28)27-18-24(14-16-29(27)33)30(34)22-9-5-3-6-10-22;1-3(2)4/h3,5-6,9-10,13-18,20,25,32H,4,7-8,11-12,19H2,1-2H3;1-2H3. The molecule has 1 saturated carbocycles. The zero-order valence-corrected chi connectivity index (χ0v) is 23.8. The number of carbonyl (C=O) groups is 3. The van der Waals surface area contributed by atoms with Crippen LogP contribution in [0.3, 0.4) is 0 Å². The molecule has 4 aromatic rings. The minimum absolute atomic E-state index is 0.0257. The highest BCUT2D eigenvalue weighted by atomic mass is 16.5. The first-order valence-corrected chi connectivity index (χ1v) is 14.0. The topological polar surface area (TPSA) is 89.2 Å². The molecule has 0 radical (unpaired) electrons. The number of ether oxygens (including phenoxy) is 1. The number of esters is 1. The maximum absolute atomic E-state index is 13.2. The summed E-state index contributed by atoms with van der Waals surface area (Å²) in [6.45, 7) is 7.24. The lowest BCUT2D eigenvalue weighted by atomic mass is 9.97. The number of rotatable bonds is 7. The summed E-state index contributed by atoms with van der Waals surface area (Å²) in [7, 11) is 0. The molecule has 6 nitrogen and oxygen atoms in total. The van der Waals surface area contributed by atoms with Gasteiger partial charge in [-0.25, -0.2) is 0 Å². The Bertz CT molecular complexity index is 1540. The molecule has 1 aliphatic rings. The van der Waals surface area contributed by atoms with Crippen molar-refractivity contribution >= 4 is 45.1 Å². The molecule has 1 fully saturated rings. The Balaban J connectivity index is 0.000000867. The zero-order valence-electron chi connectivity index (χ0n) is 23.8. The van der Waals surface area contributed by atoms with Gasteiger partial charge in [0.05, 0.1) is 5.92 Å². The average molecular weight is 539 g/mol. The molecular weight excluding hydrogens is 500 g/mol. The summed E-state index contributed by atoms with van der Waals surface area (Å²) >= 11 is 0. The molecule has 0 spiro atoms. The van der Waals surface area contributed by atoms with Crippen molar-refractivity contribution in [2.24, 2.45) is 5.92 Å². The lowest BCUT2D eigenvalue weighted by Gasteiger charge is -2.24. The van der Waals surface area contributed by atoms with Crippen molar-refractivity contribution in [3.8, 4) is 0 Å². The van der Waals surface area contributed by atoms with E-state index in [0.29, 0.717) is 23.4 Å². The van der Waals surface area contributed by atoms with Crippen LogP contribution in [0.1, 0.15) is 81.3 Å². The number of benzene rings is 3. The number of nitrogens with one attached hydrogen (secondary N) is 1. The van der Waals surface area contributed by atoms with Crippen molar-refractivity contribution in [2.75, 3.05) is 0 Å². The average Bonchev–Trinajstić information content (AvgIpc) is 3.25. The summed E-state index contributed by atoms with van der Waals surface area (Å²) in [5.41, 5.74) is 4.54. The minimum Gasteiger partial charge on any atom is -0.462 e. The summed E-state index contributed by atoms with van der Waals surface area (Å²) < 4.78 is 8.00. The van der Waals surface area contributed by atoms with E-state index in [2.05, 4.69) is 4.57 Å². The number of hydrogen-bond acceptors (Lipinski definition) is 5. The minimum atomic E-state index is -0.305. The summed E-state index contributed by atoms with van der Waals surface area (Å²) in [5, 5.41) is 10.0. The number of Topliss-reactive ketones (excluding diaryl/α,β-unsaturated/α-hetero) is 1. The van der Waals surface area contributed by atoms with Gasteiger partial charge in [0, 0.05) is 45.2 Å². The van der Waals surface area contributed by atoms with E-state index in [1.807, 2.05) is 73.7 Å². The third-order valence-corrected chi connectivity index (χ3v) is 7.29. The second-order valence-corrected chi connectivity index (χ2v) is 10.9. The molecule has 0 saturated heterocycles. The van der Waals surface area contributed by atoms with Gasteiger partial charge >= 0.3 is 5.97 Å². The predicted octanol–water partition coefficient (Wildman–Crippen LogP) is 7.52. The molecule has 208 valence electrons. The predicted molar refractivity (Wildman–Crippen MR) is 160 cm³/mol. The van der Waals surface area contributed by atoms with Crippen LogP contribution in [0.2, 0.25) is 0 Å². The largest absolute Gasteiger partial charge is 0.462 e. The molecule has 5 rings (SSSR count). The highest BCUT2D eigenvalue weighted by Crippen LogP contribution is 2.32. The van der Waals surface area contributed by atoms with Gasteiger partial charge in [0.1, 0.15) is 11.9 Å². The van der Waals surface area contributed by atoms with E-state index >= 15 is 0 Å². The van der Waals surface area contributed by atoms with E-state index in [9.17, 15) is 14.4 Å². The summed E-state index contributed by atoms with van der Waals surface area (Å²) in [6, 6.07) is 21.0. The van der Waals surface area contributed by atoms with Gasteiger partial charge in [-0.2, -0.15) is 0 Å². The van der Waals surface area contributed by atoms with Crippen LogP contribution >= 0.6 is 0 Å². The van der Waals surface area contributed by atoms with Gasteiger partial charge in [-0.3, -0.25) is 9.59 Å². The molecule has 3 aromatic carbocycles. The van der Waals surface area contributed by atoms with Gasteiger partial charge in [0.25, 0.3) is 0 Å². The van der Waals surface area contributed by atoms with E-state index in [-0.39, 0.29) is 29.6 Å². The van der Waals surface area contributed by atoms with Gasteiger partial charge in [0.2, 0.25) is 0 Å². The maximum Gasteiger partial charge on any atom is 0.310 e. The maximum atomic E-state index is 13.2. The molecule has 0 amide bonds. The first-order chi connectivity index (χ1) is 19.2. The SMILES string of the molecule is CC(=N)c1ccc2c(c1)c1cc(C(=O)c3ccccc3)ccc1n2CC(C)C(=O)OC1CCCCC1.CC(C)=O. The Morgan fingerprint density at radius 3 is 1.95 bits per heavy atom. The van der Waals surface area contributed by atoms with Gasteiger partial charge in [-0.1, -0.05) is 49.7 Å². The Morgan fingerprint density at radius 2 is 1.38 bits per heavy atom. The van der Waals surface area contributed by atoms with Crippen LogP contribution in [-0.2, 0) is 20.9 Å². The van der Waals surface area contributed by atoms with Crippen molar-refractivity contribution in [2.45, 2.75) is 72.4 Å². The van der Waals surface area contributed by atoms with Crippen molar-refractivity contribution in [1.29, 1.82) is 5.41 Å². The fraction of sp³-hybridized carbons (Fsp3) is 0.353. The molecule has 1 aliphatic carbocycles. The van der Waals surface area contributed by atoms with Crippen LogP contribution in [0, 0.1) is 11.3 Å². The number of ketones is 2. The fourth-order valence-corrected chi connectivity index (χ4v) is 5.24. The quantitative estimate of drug-likeness (QED) is 0.150. The summed E-state index contributed by atoms with van der Waals surface area (Å²) in [5.74, 6) is -0.317. The first kappa shape index (κ1) is 28.9. The van der Waals surface area contributed by atoms with E-state index in [1.54, 1.807) is 6.92 Å². The second kappa shape index (κ2) is 12.9. The summed E-state index contributed by atoms with van der Waals surface area (Å²) in [6.07, 6.45) is 5.42. The van der Waals surface area contributed by atoms with Crippen LogP contribution < -0.4 is 0 Å². The van der Waals surface area contributed by atoms with E-state index in [1.165, 1.54) is 20.3 Å². The normalized spacial score (nSPS) is 14.3. The Morgan fingerprint density at radius 1 is 0.825 bits per heavy atom. The van der Waals surface area contributed by atoms with Crippen LogP contribution in [-0.4, -0.2) is 33.9 Å². The lowest BCUT2D eigenvalue weighted by molar-refractivity contribution is -0.155. The first-order valence-electron chi connectivity index (χ1n) is 14.0. The van der Waals surface area contributed by atoms with Crippen LogP contribution in [0.4, 0.5) is 0 Å².